The fourth-order valence-electron chi connectivity index (χ4n) is 1.27. The van der Waals surface area contributed by atoms with Crippen molar-refractivity contribution in [1.29, 1.82) is 0 Å². The van der Waals surface area contributed by atoms with Crippen molar-refractivity contribution in [3.05, 3.63) is 35.1 Å². The predicted molar refractivity (Wildman–Crippen MR) is 62.5 cm³/mol. The molecular formula is C9H5BrClNO2S. The Bertz CT molecular complexity index is 627. The van der Waals surface area contributed by atoms with Crippen molar-refractivity contribution in [3.8, 4) is 0 Å². The van der Waals surface area contributed by atoms with Gasteiger partial charge in [-0.1, -0.05) is 0 Å². The molecule has 0 radical (unpaired) electrons. The van der Waals surface area contributed by atoms with E-state index < -0.39 is 9.05 Å². The van der Waals surface area contributed by atoms with Crippen LogP contribution in [0.25, 0.3) is 10.8 Å². The van der Waals surface area contributed by atoms with Gasteiger partial charge in [-0.2, -0.15) is 0 Å². The molecule has 3 nitrogen and oxygen atoms in total. The van der Waals surface area contributed by atoms with Crippen molar-refractivity contribution in [2.24, 2.45) is 0 Å². The Morgan fingerprint density at radius 1 is 1.27 bits per heavy atom. The first-order chi connectivity index (χ1) is 6.98. The average Bonchev–Trinajstić information content (AvgIpc) is 2.15. The van der Waals surface area contributed by atoms with Crippen molar-refractivity contribution in [2.75, 3.05) is 0 Å². The van der Waals surface area contributed by atoms with E-state index in [-0.39, 0.29) is 4.90 Å². The van der Waals surface area contributed by atoms with Crippen LogP contribution in [0.1, 0.15) is 0 Å². The van der Waals surface area contributed by atoms with Gasteiger partial charge >= 0.3 is 0 Å². The molecule has 0 saturated heterocycles. The van der Waals surface area contributed by atoms with Gasteiger partial charge < -0.3 is 0 Å². The summed E-state index contributed by atoms with van der Waals surface area (Å²) in [5, 5.41) is 1.64. The Morgan fingerprint density at radius 2 is 2.00 bits per heavy atom. The van der Waals surface area contributed by atoms with Crippen LogP contribution in [0.15, 0.2) is 40.0 Å². The highest BCUT2D eigenvalue weighted by Gasteiger charge is 2.15. The molecule has 15 heavy (non-hydrogen) atoms. The molecular weight excluding hydrogens is 302 g/mol. The second-order valence-electron chi connectivity index (χ2n) is 2.94. The maximum absolute atomic E-state index is 11.2. The first-order valence-electron chi connectivity index (χ1n) is 3.96. The molecule has 2 rings (SSSR count). The summed E-state index contributed by atoms with van der Waals surface area (Å²) in [6.07, 6.45) is 3.26. The molecule has 6 heteroatoms. The van der Waals surface area contributed by atoms with Crippen LogP contribution in [0.2, 0.25) is 0 Å². The zero-order valence-corrected chi connectivity index (χ0v) is 10.5. The van der Waals surface area contributed by atoms with Gasteiger partial charge in [0.15, 0.2) is 0 Å². The van der Waals surface area contributed by atoms with Gasteiger partial charge in [-0.3, -0.25) is 4.98 Å². The molecule has 0 aliphatic carbocycles. The van der Waals surface area contributed by atoms with Crippen LogP contribution in [-0.4, -0.2) is 13.4 Å². The third-order valence-corrected chi connectivity index (χ3v) is 4.23. The largest absolute Gasteiger partial charge is 0.264 e. The summed E-state index contributed by atoms with van der Waals surface area (Å²) in [5.41, 5.74) is 0. The van der Waals surface area contributed by atoms with Crippen LogP contribution in [0.3, 0.4) is 0 Å². The first-order valence-corrected chi connectivity index (χ1v) is 7.06. The normalized spacial score (nSPS) is 11.9. The highest BCUT2D eigenvalue weighted by molar-refractivity contribution is 9.10. The van der Waals surface area contributed by atoms with Gasteiger partial charge in [0.05, 0.1) is 4.90 Å². The fraction of sp³-hybridized carbons (Fsp3) is 0. The molecule has 0 N–H and O–H groups in total. The van der Waals surface area contributed by atoms with Crippen molar-refractivity contribution in [2.45, 2.75) is 4.90 Å². The van der Waals surface area contributed by atoms with Gasteiger partial charge in [0.1, 0.15) is 0 Å². The lowest BCUT2D eigenvalue weighted by molar-refractivity contribution is 0.609. The minimum atomic E-state index is -3.72. The standard InChI is InChI=1S/C9H5BrClNO2S/c10-8-3-7-5-12-2-1-6(7)4-9(8)15(11,13)14/h1-5H. The highest BCUT2D eigenvalue weighted by Crippen LogP contribution is 2.29. The molecule has 1 aromatic carbocycles. The maximum atomic E-state index is 11.2. The number of benzene rings is 1. The molecule has 0 fully saturated rings. The number of aromatic nitrogens is 1. The summed E-state index contributed by atoms with van der Waals surface area (Å²) in [6, 6.07) is 4.92. The third-order valence-electron chi connectivity index (χ3n) is 1.95. The number of halogens is 2. The van der Waals surface area contributed by atoms with Gasteiger partial charge in [-0.25, -0.2) is 8.42 Å². The van der Waals surface area contributed by atoms with E-state index in [0.717, 1.165) is 10.8 Å². The van der Waals surface area contributed by atoms with Crippen LogP contribution in [0.5, 0.6) is 0 Å². The lowest BCUT2D eigenvalue weighted by Crippen LogP contribution is -1.92. The monoisotopic (exact) mass is 305 g/mol. The summed E-state index contributed by atoms with van der Waals surface area (Å²) in [4.78, 5) is 4.01. The minimum Gasteiger partial charge on any atom is -0.264 e. The smallest absolute Gasteiger partial charge is 0.262 e. The predicted octanol–water partition coefficient (Wildman–Crippen LogP) is 2.92. The quantitative estimate of drug-likeness (QED) is 0.761. The van der Waals surface area contributed by atoms with Crippen LogP contribution in [0, 0.1) is 0 Å². The van der Waals surface area contributed by atoms with E-state index in [4.69, 9.17) is 10.7 Å². The molecule has 0 aliphatic rings. The molecule has 0 bridgehead atoms. The molecule has 0 atom stereocenters. The van der Waals surface area contributed by atoms with Crippen LogP contribution < -0.4 is 0 Å². The van der Waals surface area contributed by atoms with E-state index in [1.165, 1.54) is 6.07 Å². The Balaban J connectivity index is 2.84. The minimum absolute atomic E-state index is 0.0721. The van der Waals surface area contributed by atoms with E-state index in [2.05, 4.69) is 20.9 Å². The Hall–Kier alpha value is -0.650. The molecule has 2 aromatic rings. The van der Waals surface area contributed by atoms with Gasteiger partial charge in [0, 0.05) is 32.9 Å². The maximum Gasteiger partial charge on any atom is 0.262 e. The first kappa shape index (κ1) is 10.9. The molecule has 78 valence electrons. The summed E-state index contributed by atoms with van der Waals surface area (Å²) < 4.78 is 22.9. The molecule has 0 aliphatic heterocycles. The zero-order valence-electron chi connectivity index (χ0n) is 7.31. The van der Waals surface area contributed by atoms with Gasteiger partial charge in [0.2, 0.25) is 0 Å². The van der Waals surface area contributed by atoms with Crippen molar-refractivity contribution >= 4 is 46.4 Å². The molecule has 0 amide bonds. The average molecular weight is 307 g/mol. The summed E-state index contributed by atoms with van der Waals surface area (Å²) >= 11 is 3.16. The van der Waals surface area contributed by atoms with Crippen LogP contribution >= 0.6 is 26.6 Å². The highest BCUT2D eigenvalue weighted by atomic mass is 79.9. The summed E-state index contributed by atoms with van der Waals surface area (Å²) in [6.45, 7) is 0. The van der Waals surface area contributed by atoms with Crippen molar-refractivity contribution in [1.82, 2.24) is 4.98 Å². The van der Waals surface area contributed by atoms with Crippen molar-refractivity contribution < 1.29 is 8.42 Å². The fourth-order valence-corrected chi connectivity index (χ4v) is 3.50. The van der Waals surface area contributed by atoms with E-state index in [0.29, 0.717) is 4.47 Å². The van der Waals surface area contributed by atoms with Crippen molar-refractivity contribution in [3.63, 3.8) is 0 Å². The van der Waals surface area contributed by atoms with E-state index in [9.17, 15) is 8.42 Å². The Morgan fingerprint density at radius 3 is 2.67 bits per heavy atom. The number of nitrogens with zero attached hydrogens (tertiary/aromatic N) is 1. The summed E-state index contributed by atoms with van der Waals surface area (Å²) in [5.74, 6) is 0. The number of fused-ring (bicyclic) bond motifs is 1. The number of rotatable bonds is 1. The van der Waals surface area contributed by atoms with E-state index >= 15 is 0 Å². The topological polar surface area (TPSA) is 47.0 Å². The molecule has 1 heterocycles. The van der Waals surface area contributed by atoms with Gasteiger partial charge in [-0.05, 0) is 39.5 Å². The Labute approximate surface area is 99.6 Å². The second kappa shape index (κ2) is 3.73. The Kier molecular flexibility index (Phi) is 2.70. The molecule has 0 unspecified atom stereocenters. The van der Waals surface area contributed by atoms with Crippen LogP contribution in [-0.2, 0) is 9.05 Å². The summed E-state index contributed by atoms with van der Waals surface area (Å²) in [7, 11) is 1.57. The van der Waals surface area contributed by atoms with Gasteiger partial charge in [0.25, 0.3) is 9.05 Å². The van der Waals surface area contributed by atoms with Gasteiger partial charge in [-0.15, -0.1) is 0 Å². The number of hydrogen-bond acceptors (Lipinski definition) is 3. The van der Waals surface area contributed by atoms with E-state index in [1.807, 2.05) is 0 Å². The lowest BCUT2D eigenvalue weighted by Gasteiger charge is -2.02. The molecule has 1 aromatic heterocycles. The number of hydrogen-bond donors (Lipinski definition) is 0. The van der Waals surface area contributed by atoms with Crippen LogP contribution in [0.4, 0.5) is 0 Å². The molecule has 0 spiro atoms. The second-order valence-corrected chi connectivity index (χ2v) is 6.33. The zero-order chi connectivity index (χ0) is 11.1. The lowest BCUT2D eigenvalue weighted by atomic mass is 10.2. The molecule has 0 saturated carbocycles. The third kappa shape index (κ3) is 2.14. The van der Waals surface area contributed by atoms with E-state index in [1.54, 1.807) is 24.5 Å². The number of pyridine rings is 1. The SMILES string of the molecule is O=S(=O)(Cl)c1cc2ccncc2cc1Br.